The summed E-state index contributed by atoms with van der Waals surface area (Å²) >= 11 is 0. The summed E-state index contributed by atoms with van der Waals surface area (Å²) in [5, 5.41) is 6.76. The Bertz CT molecular complexity index is 656. The Kier molecular flexibility index (Phi) is 2.49. The number of carbonyl (C=O) groups is 1. The van der Waals surface area contributed by atoms with Crippen LogP contribution in [0, 0.1) is 0 Å². The molecule has 5 heteroatoms. The van der Waals surface area contributed by atoms with Crippen LogP contribution in [-0.4, -0.2) is 25.9 Å². The Labute approximate surface area is 103 Å². The molecule has 0 radical (unpaired) electrons. The molecule has 18 heavy (non-hydrogen) atoms. The number of H-pyrrole nitrogens is 2. The van der Waals surface area contributed by atoms with Crippen molar-refractivity contribution in [3.63, 3.8) is 0 Å². The second kappa shape index (κ2) is 4.29. The number of nitrogens with one attached hydrogen (secondary N) is 2. The predicted octanol–water partition coefficient (Wildman–Crippen LogP) is 2.03. The Morgan fingerprint density at radius 2 is 2.11 bits per heavy atom. The second-order valence-corrected chi connectivity index (χ2v) is 3.82. The van der Waals surface area contributed by atoms with E-state index in [-0.39, 0.29) is 5.78 Å². The van der Waals surface area contributed by atoms with Crippen LogP contribution in [0.15, 0.2) is 48.9 Å². The molecule has 0 aliphatic heterocycles. The molecular weight excluding hydrogens is 228 g/mol. The summed E-state index contributed by atoms with van der Waals surface area (Å²) in [6.07, 6.45) is 4.87. The van der Waals surface area contributed by atoms with Gasteiger partial charge in [-0.25, -0.2) is 4.98 Å². The van der Waals surface area contributed by atoms with Gasteiger partial charge in [0.2, 0.25) is 5.78 Å². The second-order valence-electron chi connectivity index (χ2n) is 3.82. The molecule has 0 fully saturated rings. The lowest BCUT2D eigenvalue weighted by molar-refractivity contribution is 0.103. The number of nitrogens with zero attached hydrogens (tertiary/aromatic N) is 2. The van der Waals surface area contributed by atoms with E-state index in [2.05, 4.69) is 20.2 Å². The van der Waals surface area contributed by atoms with Crippen LogP contribution in [0.3, 0.4) is 0 Å². The summed E-state index contributed by atoms with van der Waals surface area (Å²) in [5.74, 6) is 0.220. The third-order valence-electron chi connectivity index (χ3n) is 2.65. The van der Waals surface area contributed by atoms with E-state index in [0.717, 1.165) is 11.3 Å². The van der Waals surface area contributed by atoms with Crippen molar-refractivity contribution in [1.29, 1.82) is 0 Å². The number of aromatic nitrogens is 4. The molecule has 0 spiro atoms. The van der Waals surface area contributed by atoms with Crippen molar-refractivity contribution in [2.45, 2.75) is 0 Å². The number of aromatic amines is 2. The minimum Gasteiger partial charge on any atom is -0.342 e. The Morgan fingerprint density at radius 3 is 2.83 bits per heavy atom. The molecule has 3 aromatic rings. The van der Waals surface area contributed by atoms with E-state index < -0.39 is 0 Å². The molecule has 5 nitrogen and oxygen atoms in total. The van der Waals surface area contributed by atoms with Crippen LogP contribution in [0.1, 0.15) is 16.2 Å². The average Bonchev–Trinajstić information content (AvgIpc) is 3.11. The fraction of sp³-hybridized carbons (Fsp3) is 0. The monoisotopic (exact) mass is 238 g/mol. The fourth-order valence-electron chi connectivity index (χ4n) is 1.77. The summed E-state index contributed by atoms with van der Waals surface area (Å²) in [6.45, 7) is 0. The maximum atomic E-state index is 12.1. The third kappa shape index (κ3) is 1.82. The highest BCUT2D eigenvalue weighted by Gasteiger charge is 2.12. The molecule has 1 aromatic carbocycles. The first-order valence-electron chi connectivity index (χ1n) is 5.48. The number of hydrogen-bond donors (Lipinski definition) is 2. The topological polar surface area (TPSA) is 74.4 Å². The lowest BCUT2D eigenvalue weighted by Gasteiger charge is -2.01. The van der Waals surface area contributed by atoms with Crippen LogP contribution < -0.4 is 0 Å². The van der Waals surface area contributed by atoms with E-state index in [1.165, 1.54) is 0 Å². The van der Waals surface area contributed by atoms with Crippen molar-refractivity contribution >= 4 is 5.78 Å². The molecule has 0 aliphatic carbocycles. The molecule has 0 unspecified atom stereocenters. The summed E-state index contributed by atoms with van der Waals surface area (Å²) in [6, 6.07) is 9.21. The zero-order valence-corrected chi connectivity index (χ0v) is 9.42. The lowest BCUT2D eigenvalue weighted by atomic mass is 10.1. The van der Waals surface area contributed by atoms with Gasteiger partial charge in [-0.15, -0.1) is 0 Å². The van der Waals surface area contributed by atoms with Crippen LogP contribution in [0.5, 0.6) is 0 Å². The van der Waals surface area contributed by atoms with Crippen molar-refractivity contribution < 1.29 is 4.79 Å². The Morgan fingerprint density at radius 1 is 1.17 bits per heavy atom. The van der Waals surface area contributed by atoms with Crippen molar-refractivity contribution in [3.8, 4) is 11.3 Å². The summed E-state index contributed by atoms with van der Waals surface area (Å²) in [5.41, 5.74) is 2.39. The van der Waals surface area contributed by atoms with Gasteiger partial charge in [-0.1, -0.05) is 18.2 Å². The van der Waals surface area contributed by atoms with Gasteiger partial charge in [-0.3, -0.25) is 9.89 Å². The van der Waals surface area contributed by atoms with Gasteiger partial charge in [0.1, 0.15) is 0 Å². The van der Waals surface area contributed by atoms with Gasteiger partial charge in [-0.05, 0) is 12.1 Å². The smallest absolute Gasteiger partial charge is 0.228 e. The first-order chi connectivity index (χ1) is 8.84. The molecule has 3 rings (SSSR count). The van der Waals surface area contributed by atoms with Gasteiger partial charge < -0.3 is 4.98 Å². The first kappa shape index (κ1) is 10.5. The predicted molar refractivity (Wildman–Crippen MR) is 66.0 cm³/mol. The van der Waals surface area contributed by atoms with Crippen LogP contribution in [0.25, 0.3) is 11.3 Å². The lowest BCUT2D eigenvalue weighted by Crippen LogP contribution is -2.03. The molecule has 2 N–H and O–H groups in total. The zero-order chi connectivity index (χ0) is 12.4. The number of ketones is 1. The third-order valence-corrected chi connectivity index (χ3v) is 2.65. The van der Waals surface area contributed by atoms with Gasteiger partial charge >= 0.3 is 0 Å². The molecule has 2 heterocycles. The fourth-order valence-corrected chi connectivity index (χ4v) is 1.77. The molecule has 0 amide bonds. The van der Waals surface area contributed by atoms with E-state index in [1.807, 2.05) is 24.3 Å². The largest absolute Gasteiger partial charge is 0.342 e. The highest BCUT2D eigenvalue weighted by molar-refractivity contribution is 6.07. The van der Waals surface area contributed by atoms with Crippen LogP contribution in [0.2, 0.25) is 0 Å². The quantitative estimate of drug-likeness (QED) is 0.685. The van der Waals surface area contributed by atoms with Crippen LogP contribution >= 0.6 is 0 Å². The molecular formula is C13H10N4O. The molecule has 0 aliphatic rings. The van der Waals surface area contributed by atoms with Gasteiger partial charge in [0, 0.05) is 29.7 Å². The standard InChI is InChI=1S/C13H10N4O/c18-12(13-14-6-7-15-13)10-3-1-2-9(8-10)11-4-5-16-17-11/h1-8H,(H,14,15)(H,16,17). The van der Waals surface area contributed by atoms with Crippen molar-refractivity contribution in [2.24, 2.45) is 0 Å². The highest BCUT2D eigenvalue weighted by atomic mass is 16.1. The normalized spacial score (nSPS) is 10.4. The number of rotatable bonds is 3. The van der Waals surface area contributed by atoms with Crippen LogP contribution in [-0.2, 0) is 0 Å². The summed E-state index contributed by atoms with van der Waals surface area (Å²) in [4.78, 5) is 18.9. The molecule has 0 saturated carbocycles. The highest BCUT2D eigenvalue weighted by Crippen LogP contribution is 2.18. The van der Waals surface area contributed by atoms with E-state index >= 15 is 0 Å². The molecule has 2 aromatic heterocycles. The maximum Gasteiger partial charge on any atom is 0.228 e. The average molecular weight is 238 g/mol. The van der Waals surface area contributed by atoms with E-state index in [9.17, 15) is 4.79 Å². The van der Waals surface area contributed by atoms with Crippen molar-refractivity contribution in [2.75, 3.05) is 0 Å². The molecule has 0 saturated heterocycles. The van der Waals surface area contributed by atoms with Gasteiger partial charge in [0.15, 0.2) is 5.82 Å². The van der Waals surface area contributed by atoms with Crippen LogP contribution in [0.4, 0.5) is 0 Å². The minimum atomic E-state index is -0.124. The molecule has 0 bridgehead atoms. The van der Waals surface area contributed by atoms with Gasteiger partial charge in [0.25, 0.3) is 0 Å². The minimum absolute atomic E-state index is 0.124. The van der Waals surface area contributed by atoms with E-state index in [4.69, 9.17) is 0 Å². The van der Waals surface area contributed by atoms with Crippen molar-refractivity contribution in [1.82, 2.24) is 20.2 Å². The molecule has 0 atom stereocenters. The first-order valence-corrected chi connectivity index (χ1v) is 5.48. The van der Waals surface area contributed by atoms with E-state index in [0.29, 0.717) is 11.4 Å². The zero-order valence-electron chi connectivity index (χ0n) is 9.42. The Hall–Kier alpha value is -2.69. The van der Waals surface area contributed by atoms with Crippen molar-refractivity contribution in [3.05, 3.63) is 60.3 Å². The van der Waals surface area contributed by atoms with Gasteiger partial charge in [0.05, 0.1) is 5.69 Å². The number of hydrogen-bond acceptors (Lipinski definition) is 3. The Balaban J connectivity index is 1.99. The maximum absolute atomic E-state index is 12.1. The number of benzene rings is 1. The van der Waals surface area contributed by atoms with Gasteiger partial charge in [-0.2, -0.15) is 5.10 Å². The SMILES string of the molecule is O=C(c1cccc(-c2ccn[nH]2)c1)c1ncc[nH]1. The summed E-state index contributed by atoms with van der Waals surface area (Å²) in [7, 11) is 0. The molecule has 88 valence electrons. The summed E-state index contributed by atoms with van der Waals surface area (Å²) < 4.78 is 0. The number of carbonyl (C=O) groups excluding carboxylic acids is 1. The van der Waals surface area contributed by atoms with E-state index in [1.54, 1.807) is 24.7 Å². The number of imidazole rings is 1.